The number of piperidine rings is 1. The van der Waals surface area contributed by atoms with Crippen molar-refractivity contribution in [3.63, 3.8) is 0 Å². The first-order valence-corrected chi connectivity index (χ1v) is 14.3. The molecular weight excluding hydrogens is 436 g/mol. The summed E-state index contributed by atoms with van der Waals surface area (Å²) in [5, 5.41) is 0. The zero-order valence-electron chi connectivity index (χ0n) is 22.0. The van der Waals surface area contributed by atoms with Crippen LogP contribution in [0.1, 0.15) is 80.9 Å². The van der Waals surface area contributed by atoms with E-state index in [0.29, 0.717) is 5.92 Å². The fourth-order valence-corrected chi connectivity index (χ4v) is 5.44. The zero-order valence-corrected chi connectivity index (χ0v) is 22.0. The predicted molar refractivity (Wildman–Crippen MR) is 154 cm³/mol. The van der Waals surface area contributed by atoms with Crippen LogP contribution in [0.4, 0.5) is 0 Å². The first-order chi connectivity index (χ1) is 17.9. The molecule has 190 valence electrons. The molecule has 36 heavy (non-hydrogen) atoms. The summed E-state index contributed by atoms with van der Waals surface area (Å²) in [7, 11) is 0. The van der Waals surface area contributed by atoms with E-state index in [1.165, 1.54) is 113 Å². The largest absolute Gasteiger partial charge is 0.303 e. The molecule has 1 aromatic heterocycles. The third-order valence-electron chi connectivity index (χ3n) is 7.62. The van der Waals surface area contributed by atoms with E-state index in [1.54, 1.807) is 0 Å². The van der Waals surface area contributed by atoms with Crippen molar-refractivity contribution in [3.05, 3.63) is 108 Å². The normalized spacial score (nSPS) is 14.6. The number of hydrogen-bond acceptors (Lipinski definition) is 2. The van der Waals surface area contributed by atoms with Gasteiger partial charge in [0.1, 0.15) is 0 Å². The summed E-state index contributed by atoms with van der Waals surface area (Å²) in [6.45, 7) is 3.77. The van der Waals surface area contributed by atoms with Gasteiger partial charge in [-0.05, 0) is 86.0 Å². The highest BCUT2D eigenvalue weighted by Gasteiger charge is 2.18. The Morgan fingerprint density at radius 3 is 1.86 bits per heavy atom. The third-order valence-corrected chi connectivity index (χ3v) is 7.62. The molecule has 0 saturated carbocycles. The number of allylic oxidation sites excluding steroid dienone is 1. The average Bonchev–Trinajstić information content (AvgIpc) is 2.95. The molecule has 0 bridgehead atoms. The predicted octanol–water partition coefficient (Wildman–Crippen LogP) is 8.59. The molecule has 1 aliphatic rings. The number of unbranched alkanes of at least 4 members (excludes halogenated alkanes) is 7. The quantitative estimate of drug-likeness (QED) is 0.215. The number of rotatable bonds is 14. The molecule has 0 unspecified atom stereocenters. The molecule has 4 rings (SSSR count). The van der Waals surface area contributed by atoms with Crippen LogP contribution < -0.4 is 0 Å². The smallest absolute Gasteiger partial charge is 0.0299 e. The number of nitrogens with zero attached hydrogens (tertiary/aromatic N) is 2. The Balaban J connectivity index is 1.08. The van der Waals surface area contributed by atoms with Crippen molar-refractivity contribution in [3.8, 4) is 0 Å². The topological polar surface area (TPSA) is 16.1 Å². The first kappa shape index (κ1) is 26.4. The summed E-state index contributed by atoms with van der Waals surface area (Å²) in [6.07, 6.45) is 21.2. The second-order valence-corrected chi connectivity index (χ2v) is 10.4. The van der Waals surface area contributed by atoms with E-state index in [-0.39, 0.29) is 0 Å². The summed E-state index contributed by atoms with van der Waals surface area (Å²) < 4.78 is 0. The number of likely N-dealkylation sites (tertiary alicyclic amines) is 1. The molecule has 0 atom stereocenters. The molecule has 1 fully saturated rings. The van der Waals surface area contributed by atoms with E-state index in [4.69, 9.17) is 0 Å². The Morgan fingerprint density at radius 1 is 0.694 bits per heavy atom. The van der Waals surface area contributed by atoms with Gasteiger partial charge in [-0.25, -0.2) is 0 Å². The average molecular weight is 481 g/mol. The Morgan fingerprint density at radius 2 is 1.28 bits per heavy atom. The molecule has 3 aromatic rings. The van der Waals surface area contributed by atoms with E-state index in [1.807, 2.05) is 18.5 Å². The Bertz CT molecular complexity index is 948. The van der Waals surface area contributed by atoms with Crippen molar-refractivity contribution in [2.45, 2.75) is 70.6 Å². The fraction of sp³-hybridized carbons (Fsp3) is 0.441. The summed E-state index contributed by atoms with van der Waals surface area (Å²) in [5.74, 6) is 0.676. The van der Waals surface area contributed by atoms with Crippen LogP contribution in [0.25, 0.3) is 5.57 Å². The molecule has 2 nitrogen and oxygen atoms in total. The lowest BCUT2D eigenvalue weighted by Crippen LogP contribution is -2.34. The molecule has 2 aromatic carbocycles. The fourth-order valence-electron chi connectivity index (χ4n) is 5.44. The molecule has 0 aliphatic carbocycles. The molecular formula is C34H44N2. The van der Waals surface area contributed by atoms with Crippen LogP contribution in [-0.4, -0.2) is 29.5 Å². The molecule has 0 spiro atoms. The van der Waals surface area contributed by atoms with Gasteiger partial charge in [-0.3, -0.25) is 4.98 Å². The van der Waals surface area contributed by atoms with Crippen molar-refractivity contribution < 1.29 is 0 Å². The van der Waals surface area contributed by atoms with Crippen LogP contribution in [-0.2, 0) is 6.42 Å². The molecule has 2 heteroatoms. The molecule has 0 radical (unpaired) electrons. The van der Waals surface area contributed by atoms with Crippen LogP contribution >= 0.6 is 0 Å². The van der Waals surface area contributed by atoms with Crippen molar-refractivity contribution in [2.24, 2.45) is 5.92 Å². The van der Waals surface area contributed by atoms with E-state index < -0.39 is 0 Å². The van der Waals surface area contributed by atoms with Crippen LogP contribution in [0.2, 0.25) is 0 Å². The zero-order chi connectivity index (χ0) is 24.7. The van der Waals surface area contributed by atoms with Crippen LogP contribution in [0.3, 0.4) is 0 Å². The maximum absolute atomic E-state index is 4.21. The van der Waals surface area contributed by atoms with Gasteiger partial charge in [0.25, 0.3) is 0 Å². The van der Waals surface area contributed by atoms with Crippen molar-refractivity contribution in [2.75, 3.05) is 19.6 Å². The van der Waals surface area contributed by atoms with Gasteiger partial charge in [0.2, 0.25) is 0 Å². The van der Waals surface area contributed by atoms with Gasteiger partial charge in [-0.1, -0.05) is 111 Å². The highest BCUT2D eigenvalue weighted by atomic mass is 15.1. The maximum atomic E-state index is 4.21. The minimum absolute atomic E-state index is 0.676. The molecule has 2 heterocycles. The van der Waals surface area contributed by atoms with E-state index in [0.717, 1.165) is 0 Å². The Labute approximate surface area is 219 Å². The van der Waals surface area contributed by atoms with E-state index >= 15 is 0 Å². The van der Waals surface area contributed by atoms with Crippen LogP contribution in [0.5, 0.6) is 0 Å². The van der Waals surface area contributed by atoms with Gasteiger partial charge in [0.15, 0.2) is 0 Å². The Hall–Kier alpha value is -2.71. The van der Waals surface area contributed by atoms with Crippen molar-refractivity contribution in [1.29, 1.82) is 0 Å². The number of hydrogen-bond donors (Lipinski definition) is 0. The number of aromatic nitrogens is 1. The summed E-state index contributed by atoms with van der Waals surface area (Å²) >= 11 is 0. The molecule has 1 aliphatic heterocycles. The standard InChI is InChI=1S/C34H44N2/c1(3-5-9-16-31-17-15-24-35-29-31)2-4-6-14-25-36-26-22-30(23-27-36)28-34(32-18-10-7-11-19-32)33-20-12-8-13-21-33/h7-8,10-13,15,17-21,24,28-30H,1-6,9,14,16,22-23,25-27H2. The lowest BCUT2D eigenvalue weighted by atomic mass is 9.89. The van der Waals surface area contributed by atoms with Crippen molar-refractivity contribution in [1.82, 2.24) is 9.88 Å². The molecule has 0 N–H and O–H groups in total. The van der Waals surface area contributed by atoms with E-state index in [2.05, 4.69) is 82.7 Å². The van der Waals surface area contributed by atoms with Gasteiger partial charge in [0.05, 0.1) is 0 Å². The van der Waals surface area contributed by atoms with Gasteiger partial charge in [0, 0.05) is 12.4 Å². The third kappa shape index (κ3) is 9.06. The molecule has 0 amide bonds. The van der Waals surface area contributed by atoms with E-state index in [9.17, 15) is 0 Å². The van der Waals surface area contributed by atoms with Gasteiger partial charge < -0.3 is 4.90 Å². The number of aryl methyl sites for hydroxylation is 1. The van der Waals surface area contributed by atoms with Gasteiger partial charge in [-0.15, -0.1) is 0 Å². The van der Waals surface area contributed by atoms with Gasteiger partial charge in [-0.2, -0.15) is 0 Å². The lowest BCUT2D eigenvalue weighted by Gasteiger charge is -2.31. The van der Waals surface area contributed by atoms with Gasteiger partial charge >= 0.3 is 0 Å². The lowest BCUT2D eigenvalue weighted by molar-refractivity contribution is 0.199. The summed E-state index contributed by atoms with van der Waals surface area (Å²) in [6, 6.07) is 26.0. The highest BCUT2D eigenvalue weighted by Crippen LogP contribution is 2.29. The minimum atomic E-state index is 0.676. The molecule has 1 saturated heterocycles. The minimum Gasteiger partial charge on any atom is -0.303 e. The van der Waals surface area contributed by atoms with Crippen LogP contribution in [0, 0.1) is 5.92 Å². The van der Waals surface area contributed by atoms with Crippen molar-refractivity contribution >= 4 is 5.57 Å². The second kappa shape index (κ2) is 15.4. The summed E-state index contributed by atoms with van der Waals surface area (Å²) in [4.78, 5) is 6.91. The summed E-state index contributed by atoms with van der Waals surface area (Å²) in [5.41, 5.74) is 5.44. The number of pyridine rings is 1. The maximum Gasteiger partial charge on any atom is 0.0299 e. The first-order valence-electron chi connectivity index (χ1n) is 14.3. The number of benzene rings is 2. The monoisotopic (exact) mass is 480 g/mol. The highest BCUT2D eigenvalue weighted by molar-refractivity contribution is 5.79. The second-order valence-electron chi connectivity index (χ2n) is 10.4. The van der Waals surface area contributed by atoms with Crippen LogP contribution in [0.15, 0.2) is 91.3 Å². The SMILES string of the molecule is C(=C(c1ccccc1)c1ccccc1)C1CCN(CCCCCCCCCCc2cccnc2)CC1. The Kier molecular flexibility index (Phi) is 11.3.